The van der Waals surface area contributed by atoms with Crippen LogP contribution in [-0.2, 0) is 18.4 Å². The fourth-order valence-corrected chi connectivity index (χ4v) is 4.31. The first-order valence-electron chi connectivity index (χ1n) is 12.5. The second-order valence-corrected chi connectivity index (χ2v) is 10.4. The molecule has 1 aromatic heterocycles. The normalized spacial score (nSPS) is 11.6. The molecule has 4 rings (SSSR count). The Morgan fingerprint density at radius 3 is 2.42 bits per heavy atom. The summed E-state index contributed by atoms with van der Waals surface area (Å²) < 4.78 is 8.29. The smallest absolute Gasteiger partial charge is 0.251 e. The van der Waals surface area contributed by atoms with Gasteiger partial charge < -0.3 is 14.6 Å². The zero-order valence-corrected chi connectivity index (χ0v) is 22.0. The number of rotatable bonds is 10. The monoisotopic (exact) mass is 503 g/mol. The van der Waals surface area contributed by atoms with Gasteiger partial charge in [0.15, 0.2) is 0 Å². The van der Waals surface area contributed by atoms with Crippen molar-refractivity contribution in [1.82, 2.24) is 14.9 Å². The molecule has 0 spiro atoms. The number of aromatic nitrogens is 2. The third-order valence-electron chi connectivity index (χ3n) is 6.22. The van der Waals surface area contributed by atoms with Crippen LogP contribution < -0.4 is 10.1 Å². The van der Waals surface area contributed by atoms with E-state index < -0.39 is 0 Å². The van der Waals surface area contributed by atoms with E-state index in [9.17, 15) is 4.79 Å². The van der Waals surface area contributed by atoms with Crippen molar-refractivity contribution in [1.29, 1.82) is 0 Å². The molecule has 0 aliphatic rings. The summed E-state index contributed by atoms with van der Waals surface area (Å²) in [6.45, 7) is 8.68. The number of amides is 1. The summed E-state index contributed by atoms with van der Waals surface area (Å²) in [7, 11) is 0. The Balaban J connectivity index is 1.31. The lowest BCUT2D eigenvalue weighted by atomic mass is 9.87. The van der Waals surface area contributed by atoms with E-state index >= 15 is 0 Å². The Hall–Kier alpha value is -3.31. The van der Waals surface area contributed by atoms with Gasteiger partial charge in [-0.05, 0) is 72.4 Å². The maximum atomic E-state index is 12.3. The standard InChI is InChI=1S/C30H34ClN3O2/c1-30(2,3)23-13-17-25(18-14-23)36-21-7-20-34-27-9-5-4-8-26(27)33-28(34)10-6-19-32-29(35)22-11-15-24(31)16-12-22/h4-5,8-9,11-18H,6-7,10,19-21H2,1-3H3,(H,32,35). The molecule has 0 unspecified atom stereocenters. The molecule has 1 N–H and O–H groups in total. The maximum Gasteiger partial charge on any atom is 0.251 e. The molecule has 1 heterocycles. The van der Waals surface area contributed by atoms with Gasteiger partial charge in [-0.3, -0.25) is 4.79 Å². The molecule has 0 aliphatic carbocycles. The van der Waals surface area contributed by atoms with E-state index in [2.05, 4.69) is 61.0 Å². The molecule has 6 heteroatoms. The average Bonchev–Trinajstić information content (AvgIpc) is 3.22. The van der Waals surface area contributed by atoms with Crippen molar-refractivity contribution in [3.63, 3.8) is 0 Å². The van der Waals surface area contributed by atoms with Crippen LogP contribution in [0.2, 0.25) is 5.02 Å². The molecule has 3 aromatic carbocycles. The molecular weight excluding hydrogens is 470 g/mol. The average molecular weight is 504 g/mol. The fourth-order valence-electron chi connectivity index (χ4n) is 4.18. The third-order valence-corrected chi connectivity index (χ3v) is 6.47. The minimum atomic E-state index is -0.0900. The molecule has 0 bridgehead atoms. The summed E-state index contributed by atoms with van der Waals surface area (Å²) in [5.74, 6) is 1.84. The molecule has 4 aromatic rings. The van der Waals surface area contributed by atoms with E-state index in [0.717, 1.165) is 48.4 Å². The summed E-state index contributed by atoms with van der Waals surface area (Å²) in [5.41, 5.74) is 4.17. The molecule has 0 aliphatic heterocycles. The minimum absolute atomic E-state index is 0.0900. The van der Waals surface area contributed by atoms with Gasteiger partial charge >= 0.3 is 0 Å². The Kier molecular flexibility index (Phi) is 8.32. The molecule has 36 heavy (non-hydrogen) atoms. The minimum Gasteiger partial charge on any atom is -0.494 e. The van der Waals surface area contributed by atoms with Gasteiger partial charge in [-0.15, -0.1) is 0 Å². The highest BCUT2D eigenvalue weighted by atomic mass is 35.5. The number of fused-ring (bicyclic) bond motifs is 1. The second-order valence-electron chi connectivity index (χ2n) is 10.0. The summed E-state index contributed by atoms with van der Waals surface area (Å²) in [6.07, 6.45) is 2.46. The molecule has 0 saturated carbocycles. The number of aryl methyl sites for hydroxylation is 2. The number of carbonyl (C=O) groups excluding carboxylic acids is 1. The Morgan fingerprint density at radius 1 is 0.972 bits per heavy atom. The maximum absolute atomic E-state index is 12.3. The van der Waals surface area contributed by atoms with Crippen molar-refractivity contribution in [2.75, 3.05) is 13.2 Å². The molecule has 0 atom stereocenters. The van der Waals surface area contributed by atoms with Crippen molar-refractivity contribution in [2.24, 2.45) is 0 Å². The summed E-state index contributed by atoms with van der Waals surface area (Å²) in [4.78, 5) is 17.2. The molecule has 0 radical (unpaired) electrons. The number of halogens is 1. The summed E-state index contributed by atoms with van der Waals surface area (Å²) in [5, 5.41) is 3.61. The molecule has 0 fully saturated rings. The Labute approximate surface area is 218 Å². The number of hydrogen-bond acceptors (Lipinski definition) is 3. The van der Waals surface area contributed by atoms with E-state index in [0.29, 0.717) is 23.7 Å². The van der Waals surface area contributed by atoms with Gasteiger partial charge in [-0.2, -0.15) is 0 Å². The van der Waals surface area contributed by atoms with Crippen LogP contribution in [0.25, 0.3) is 11.0 Å². The van der Waals surface area contributed by atoms with Crippen LogP contribution in [0.4, 0.5) is 0 Å². The predicted octanol–water partition coefficient (Wildman–Crippen LogP) is 6.82. The molecule has 0 saturated heterocycles. The highest BCUT2D eigenvalue weighted by Gasteiger charge is 2.13. The third kappa shape index (κ3) is 6.67. The van der Waals surface area contributed by atoms with Crippen LogP contribution in [0.5, 0.6) is 5.75 Å². The Bertz CT molecular complexity index is 1290. The molecule has 5 nitrogen and oxygen atoms in total. The molecular formula is C30H34ClN3O2. The van der Waals surface area contributed by atoms with Gasteiger partial charge in [0, 0.05) is 30.1 Å². The fraction of sp³-hybridized carbons (Fsp3) is 0.333. The van der Waals surface area contributed by atoms with Crippen molar-refractivity contribution in [3.8, 4) is 5.75 Å². The lowest BCUT2D eigenvalue weighted by molar-refractivity contribution is 0.0953. The van der Waals surface area contributed by atoms with Crippen molar-refractivity contribution < 1.29 is 9.53 Å². The first kappa shape index (κ1) is 25.8. The van der Waals surface area contributed by atoms with E-state index in [1.54, 1.807) is 24.3 Å². The van der Waals surface area contributed by atoms with Crippen LogP contribution >= 0.6 is 11.6 Å². The zero-order chi connectivity index (χ0) is 25.5. The SMILES string of the molecule is CC(C)(C)c1ccc(OCCCn2c(CCCNC(=O)c3ccc(Cl)cc3)nc3ccccc32)cc1. The number of benzene rings is 3. The first-order valence-corrected chi connectivity index (χ1v) is 12.9. The largest absolute Gasteiger partial charge is 0.494 e. The van der Waals surface area contributed by atoms with Crippen molar-refractivity contribution in [2.45, 2.75) is 52.0 Å². The van der Waals surface area contributed by atoms with Gasteiger partial charge in [0.1, 0.15) is 11.6 Å². The summed E-state index contributed by atoms with van der Waals surface area (Å²) in [6, 6.07) is 23.5. The lowest BCUT2D eigenvalue weighted by Gasteiger charge is -2.19. The highest BCUT2D eigenvalue weighted by molar-refractivity contribution is 6.30. The molecule has 1 amide bonds. The van der Waals surface area contributed by atoms with Gasteiger partial charge in [-0.1, -0.05) is 56.6 Å². The van der Waals surface area contributed by atoms with Crippen molar-refractivity contribution in [3.05, 3.63) is 94.8 Å². The second kappa shape index (κ2) is 11.6. The van der Waals surface area contributed by atoms with Crippen LogP contribution in [-0.4, -0.2) is 28.6 Å². The van der Waals surface area contributed by atoms with Gasteiger partial charge in [-0.25, -0.2) is 4.98 Å². The van der Waals surface area contributed by atoms with E-state index in [4.69, 9.17) is 21.3 Å². The quantitative estimate of drug-likeness (QED) is 0.241. The summed E-state index contributed by atoms with van der Waals surface area (Å²) >= 11 is 5.91. The molecule has 188 valence electrons. The first-order chi connectivity index (χ1) is 17.3. The number of carbonyl (C=O) groups is 1. The number of hydrogen-bond donors (Lipinski definition) is 1. The number of para-hydroxylation sites is 2. The van der Waals surface area contributed by atoms with Gasteiger partial charge in [0.2, 0.25) is 0 Å². The number of nitrogens with zero attached hydrogens (tertiary/aromatic N) is 2. The lowest BCUT2D eigenvalue weighted by Crippen LogP contribution is -2.25. The van der Waals surface area contributed by atoms with E-state index in [1.807, 2.05) is 18.2 Å². The van der Waals surface area contributed by atoms with E-state index in [-0.39, 0.29) is 11.3 Å². The topological polar surface area (TPSA) is 56.1 Å². The van der Waals surface area contributed by atoms with Crippen LogP contribution in [0.1, 0.15) is 55.4 Å². The van der Waals surface area contributed by atoms with Gasteiger partial charge in [0.25, 0.3) is 5.91 Å². The van der Waals surface area contributed by atoms with Crippen LogP contribution in [0, 0.1) is 0 Å². The predicted molar refractivity (Wildman–Crippen MR) is 147 cm³/mol. The van der Waals surface area contributed by atoms with Crippen molar-refractivity contribution >= 4 is 28.5 Å². The number of imidazole rings is 1. The van der Waals surface area contributed by atoms with Crippen LogP contribution in [0.15, 0.2) is 72.8 Å². The van der Waals surface area contributed by atoms with Crippen LogP contribution in [0.3, 0.4) is 0 Å². The number of nitrogens with one attached hydrogen (secondary N) is 1. The zero-order valence-electron chi connectivity index (χ0n) is 21.3. The highest BCUT2D eigenvalue weighted by Crippen LogP contribution is 2.24. The van der Waals surface area contributed by atoms with Gasteiger partial charge in [0.05, 0.1) is 17.6 Å². The Morgan fingerprint density at radius 2 is 1.69 bits per heavy atom. The number of ether oxygens (including phenoxy) is 1. The van der Waals surface area contributed by atoms with E-state index in [1.165, 1.54) is 5.56 Å².